The molecule has 2 rings (SSSR count). The minimum absolute atomic E-state index is 0.670. The topological polar surface area (TPSA) is 24.9 Å². The van der Waals surface area contributed by atoms with Gasteiger partial charge in [-0.15, -0.1) is 0 Å². The number of hydrogen-bond donors (Lipinski definition) is 1. The summed E-state index contributed by atoms with van der Waals surface area (Å²) in [6.45, 7) is 5.49. The van der Waals surface area contributed by atoms with Gasteiger partial charge in [-0.3, -0.25) is 4.98 Å². The lowest BCUT2D eigenvalue weighted by Crippen LogP contribution is -2.31. The predicted octanol–water partition coefficient (Wildman–Crippen LogP) is 3.03. The highest BCUT2D eigenvalue weighted by molar-refractivity contribution is 5.23. The van der Waals surface area contributed by atoms with Gasteiger partial charge >= 0.3 is 0 Å². The van der Waals surface area contributed by atoms with Crippen LogP contribution in [0.15, 0.2) is 18.5 Å². The quantitative estimate of drug-likeness (QED) is 0.840. The molecule has 2 nitrogen and oxygen atoms in total. The van der Waals surface area contributed by atoms with Crippen LogP contribution in [0.2, 0.25) is 0 Å². The van der Waals surface area contributed by atoms with Crippen LogP contribution in [0.4, 0.5) is 0 Å². The van der Waals surface area contributed by atoms with E-state index in [1.54, 1.807) is 0 Å². The van der Waals surface area contributed by atoms with Crippen LogP contribution in [0.3, 0.4) is 0 Å². The summed E-state index contributed by atoms with van der Waals surface area (Å²) in [4.78, 5) is 4.32. The lowest BCUT2D eigenvalue weighted by atomic mass is 9.94. The van der Waals surface area contributed by atoms with E-state index in [-0.39, 0.29) is 0 Å². The van der Waals surface area contributed by atoms with Gasteiger partial charge in [-0.1, -0.05) is 19.4 Å². The Balaban J connectivity index is 2.07. The number of nitrogens with zero attached hydrogens (tertiary/aromatic N) is 1. The molecule has 1 heterocycles. The van der Waals surface area contributed by atoms with Crippen LogP contribution in [-0.4, -0.2) is 17.6 Å². The van der Waals surface area contributed by atoms with E-state index in [2.05, 4.69) is 30.2 Å². The first-order valence-electron chi connectivity index (χ1n) is 6.46. The molecule has 0 radical (unpaired) electrons. The highest BCUT2D eigenvalue weighted by Gasteiger charge is 2.27. The van der Waals surface area contributed by atoms with Gasteiger partial charge in [-0.25, -0.2) is 0 Å². The second-order valence-corrected chi connectivity index (χ2v) is 4.89. The number of aryl methyl sites for hydroxylation is 1. The third-order valence-corrected chi connectivity index (χ3v) is 3.50. The van der Waals surface area contributed by atoms with E-state index in [0.717, 1.165) is 6.54 Å². The SMILES string of the molecule is CCCNC1CCCC1c1cncc(C)c1. The Morgan fingerprint density at radius 3 is 3.00 bits per heavy atom. The number of aromatic nitrogens is 1. The van der Waals surface area contributed by atoms with Gasteiger partial charge in [0.2, 0.25) is 0 Å². The zero-order chi connectivity index (χ0) is 11.4. The fourth-order valence-electron chi connectivity index (χ4n) is 2.71. The smallest absolute Gasteiger partial charge is 0.0303 e. The minimum atomic E-state index is 0.670. The van der Waals surface area contributed by atoms with Crippen LogP contribution in [0.5, 0.6) is 0 Å². The summed E-state index contributed by atoms with van der Waals surface area (Å²) in [7, 11) is 0. The summed E-state index contributed by atoms with van der Waals surface area (Å²) in [5.41, 5.74) is 2.70. The number of nitrogens with one attached hydrogen (secondary N) is 1. The lowest BCUT2D eigenvalue weighted by Gasteiger charge is -2.21. The summed E-state index contributed by atoms with van der Waals surface area (Å²) in [5.74, 6) is 0.680. The molecule has 1 aromatic heterocycles. The third kappa shape index (κ3) is 2.62. The highest BCUT2D eigenvalue weighted by atomic mass is 14.9. The van der Waals surface area contributed by atoms with E-state index in [0.29, 0.717) is 12.0 Å². The van der Waals surface area contributed by atoms with Crippen molar-refractivity contribution in [1.29, 1.82) is 0 Å². The van der Waals surface area contributed by atoms with Crippen molar-refractivity contribution < 1.29 is 0 Å². The van der Waals surface area contributed by atoms with Crippen molar-refractivity contribution in [3.63, 3.8) is 0 Å². The van der Waals surface area contributed by atoms with Crippen LogP contribution >= 0.6 is 0 Å². The normalized spacial score (nSPS) is 24.9. The molecule has 1 aromatic rings. The van der Waals surface area contributed by atoms with E-state index < -0.39 is 0 Å². The van der Waals surface area contributed by atoms with Gasteiger partial charge in [0.05, 0.1) is 0 Å². The lowest BCUT2D eigenvalue weighted by molar-refractivity contribution is 0.478. The van der Waals surface area contributed by atoms with Crippen molar-refractivity contribution in [3.05, 3.63) is 29.6 Å². The van der Waals surface area contributed by atoms with E-state index in [4.69, 9.17) is 0 Å². The monoisotopic (exact) mass is 218 g/mol. The summed E-state index contributed by atoms with van der Waals surface area (Å²) in [5, 5.41) is 3.67. The van der Waals surface area contributed by atoms with Gasteiger partial charge in [-0.05, 0) is 43.9 Å². The molecule has 0 aliphatic heterocycles. The van der Waals surface area contributed by atoms with E-state index in [1.807, 2.05) is 12.4 Å². The second kappa shape index (κ2) is 5.44. The Kier molecular flexibility index (Phi) is 3.94. The number of hydrogen-bond acceptors (Lipinski definition) is 2. The molecular formula is C14H22N2. The molecule has 1 aliphatic rings. The van der Waals surface area contributed by atoms with Crippen LogP contribution in [0.25, 0.3) is 0 Å². The molecule has 0 bridgehead atoms. The molecule has 0 saturated heterocycles. The van der Waals surface area contributed by atoms with Gasteiger partial charge < -0.3 is 5.32 Å². The van der Waals surface area contributed by atoms with Crippen LogP contribution < -0.4 is 5.32 Å². The van der Waals surface area contributed by atoms with Crippen molar-refractivity contribution in [2.45, 2.75) is 51.5 Å². The van der Waals surface area contributed by atoms with Gasteiger partial charge in [0.1, 0.15) is 0 Å². The van der Waals surface area contributed by atoms with Crippen molar-refractivity contribution in [3.8, 4) is 0 Å². The highest BCUT2D eigenvalue weighted by Crippen LogP contribution is 2.34. The summed E-state index contributed by atoms with van der Waals surface area (Å²) in [6, 6.07) is 2.97. The van der Waals surface area contributed by atoms with Gasteiger partial charge in [0, 0.05) is 24.4 Å². The molecule has 88 valence electrons. The predicted molar refractivity (Wildman–Crippen MR) is 67.6 cm³/mol. The molecule has 1 aliphatic carbocycles. The van der Waals surface area contributed by atoms with Crippen molar-refractivity contribution in [2.24, 2.45) is 0 Å². The Hall–Kier alpha value is -0.890. The Morgan fingerprint density at radius 1 is 1.38 bits per heavy atom. The maximum atomic E-state index is 4.32. The fourth-order valence-corrected chi connectivity index (χ4v) is 2.71. The van der Waals surface area contributed by atoms with Crippen molar-refractivity contribution in [2.75, 3.05) is 6.54 Å². The van der Waals surface area contributed by atoms with Crippen molar-refractivity contribution in [1.82, 2.24) is 10.3 Å². The maximum absolute atomic E-state index is 4.32. The largest absolute Gasteiger partial charge is 0.313 e. The van der Waals surface area contributed by atoms with Gasteiger partial charge in [0.25, 0.3) is 0 Å². The zero-order valence-electron chi connectivity index (χ0n) is 10.4. The van der Waals surface area contributed by atoms with Crippen LogP contribution in [-0.2, 0) is 0 Å². The van der Waals surface area contributed by atoms with Gasteiger partial charge in [-0.2, -0.15) is 0 Å². The molecule has 1 fully saturated rings. The van der Waals surface area contributed by atoms with E-state index in [1.165, 1.54) is 36.8 Å². The maximum Gasteiger partial charge on any atom is 0.0303 e. The molecule has 2 unspecified atom stereocenters. The minimum Gasteiger partial charge on any atom is -0.313 e. The van der Waals surface area contributed by atoms with Crippen molar-refractivity contribution >= 4 is 0 Å². The molecule has 0 spiro atoms. The summed E-state index contributed by atoms with van der Waals surface area (Å²) < 4.78 is 0. The van der Waals surface area contributed by atoms with E-state index >= 15 is 0 Å². The number of rotatable bonds is 4. The molecule has 0 aromatic carbocycles. The first-order chi connectivity index (χ1) is 7.81. The zero-order valence-corrected chi connectivity index (χ0v) is 10.4. The molecule has 2 heteroatoms. The summed E-state index contributed by atoms with van der Waals surface area (Å²) >= 11 is 0. The average molecular weight is 218 g/mol. The molecular weight excluding hydrogens is 196 g/mol. The van der Waals surface area contributed by atoms with Crippen LogP contribution in [0.1, 0.15) is 49.7 Å². The first-order valence-corrected chi connectivity index (χ1v) is 6.46. The molecule has 0 amide bonds. The molecule has 1 N–H and O–H groups in total. The van der Waals surface area contributed by atoms with Gasteiger partial charge in [0.15, 0.2) is 0 Å². The van der Waals surface area contributed by atoms with E-state index in [9.17, 15) is 0 Å². The summed E-state index contributed by atoms with van der Waals surface area (Å²) in [6.07, 6.45) is 9.18. The number of pyridine rings is 1. The second-order valence-electron chi connectivity index (χ2n) is 4.89. The third-order valence-electron chi connectivity index (χ3n) is 3.50. The molecule has 1 saturated carbocycles. The Bertz CT molecular complexity index is 335. The first kappa shape index (κ1) is 11.6. The average Bonchev–Trinajstić information content (AvgIpc) is 2.74. The molecule has 16 heavy (non-hydrogen) atoms. The fraction of sp³-hybridized carbons (Fsp3) is 0.643. The molecule has 2 atom stereocenters. The Labute approximate surface area is 98.5 Å². The Morgan fingerprint density at radius 2 is 2.25 bits per heavy atom. The van der Waals surface area contributed by atoms with Crippen LogP contribution in [0, 0.1) is 6.92 Å². The standard InChI is InChI=1S/C14H22N2/c1-3-7-16-14-6-4-5-13(14)12-8-11(2)9-15-10-12/h8-10,13-14,16H,3-7H2,1-2H3.